The Hall–Kier alpha value is -1.46. The van der Waals surface area contributed by atoms with Gasteiger partial charge in [0.25, 0.3) is 5.91 Å². The summed E-state index contributed by atoms with van der Waals surface area (Å²) in [6.07, 6.45) is 0.734. The minimum atomic E-state index is -0.432. The molecular formula is C15H19Cl2NO4. The van der Waals surface area contributed by atoms with Gasteiger partial charge in [-0.15, -0.1) is 0 Å². The number of benzene rings is 1. The molecule has 0 N–H and O–H groups in total. The molecule has 1 rings (SSSR count). The number of hydrogen-bond acceptors (Lipinski definition) is 4. The van der Waals surface area contributed by atoms with E-state index in [-0.39, 0.29) is 25.7 Å². The Kier molecular flexibility index (Phi) is 8.06. The molecule has 0 heterocycles. The first-order valence-corrected chi connectivity index (χ1v) is 7.74. The molecule has 0 aliphatic rings. The Labute approximate surface area is 140 Å². The van der Waals surface area contributed by atoms with Crippen LogP contribution < -0.4 is 4.74 Å². The van der Waals surface area contributed by atoms with E-state index in [1.165, 1.54) is 11.0 Å². The monoisotopic (exact) mass is 347 g/mol. The standard InChI is InChI=1S/C15H19Cl2NO4/c1-3-7-18(9-15(20)21-4-2)14(19)10-22-11-5-6-12(16)13(17)8-11/h5-6,8H,3-4,7,9-10H2,1-2H3. The molecule has 0 saturated heterocycles. The lowest BCUT2D eigenvalue weighted by atomic mass is 10.3. The molecule has 22 heavy (non-hydrogen) atoms. The zero-order valence-corrected chi connectivity index (χ0v) is 14.1. The average Bonchev–Trinajstić information content (AvgIpc) is 2.48. The molecule has 0 aliphatic heterocycles. The summed E-state index contributed by atoms with van der Waals surface area (Å²) >= 11 is 11.7. The number of hydrogen-bond donors (Lipinski definition) is 0. The third kappa shape index (κ3) is 6.12. The van der Waals surface area contributed by atoms with Gasteiger partial charge in [-0.25, -0.2) is 0 Å². The first-order valence-electron chi connectivity index (χ1n) is 6.99. The van der Waals surface area contributed by atoms with Crippen molar-refractivity contribution in [3.63, 3.8) is 0 Å². The Bertz CT molecular complexity index is 522. The predicted octanol–water partition coefficient (Wildman–Crippen LogP) is 3.17. The third-order valence-electron chi connectivity index (χ3n) is 2.72. The Morgan fingerprint density at radius 3 is 2.50 bits per heavy atom. The molecule has 0 unspecified atom stereocenters. The summed E-state index contributed by atoms with van der Waals surface area (Å²) in [6.45, 7) is 4.13. The van der Waals surface area contributed by atoms with Crippen LogP contribution in [0.4, 0.5) is 0 Å². The molecule has 0 aliphatic carbocycles. The molecule has 1 amide bonds. The van der Waals surface area contributed by atoms with Crippen LogP contribution in [0.3, 0.4) is 0 Å². The van der Waals surface area contributed by atoms with Crippen molar-refractivity contribution in [3.05, 3.63) is 28.2 Å². The normalized spacial score (nSPS) is 10.2. The van der Waals surface area contributed by atoms with Gasteiger partial charge in [-0.2, -0.15) is 0 Å². The maximum Gasteiger partial charge on any atom is 0.325 e. The second-order valence-corrected chi connectivity index (χ2v) is 5.30. The molecule has 0 saturated carbocycles. The second-order valence-electron chi connectivity index (χ2n) is 4.48. The van der Waals surface area contributed by atoms with E-state index in [1.54, 1.807) is 19.1 Å². The van der Waals surface area contributed by atoms with Crippen LogP contribution in [-0.2, 0) is 14.3 Å². The van der Waals surface area contributed by atoms with Gasteiger partial charge in [0.1, 0.15) is 12.3 Å². The van der Waals surface area contributed by atoms with Gasteiger partial charge in [0.15, 0.2) is 6.61 Å². The fraction of sp³-hybridized carbons (Fsp3) is 0.467. The fourth-order valence-electron chi connectivity index (χ4n) is 1.73. The molecule has 0 fully saturated rings. The zero-order valence-electron chi connectivity index (χ0n) is 12.6. The lowest BCUT2D eigenvalue weighted by Crippen LogP contribution is -2.39. The minimum absolute atomic E-state index is 0.0781. The van der Waals surface area contributed by atoms with Gasteiger partial charge in [0, 0.05) is 12.6 Å². The molecular weight excluding hydrogens is 329 g/mol. The molecule has 0 atom stereocenters. The van der Waals surface area contributed by atoms with Crippen molar-refractivity contribution in [2.45, 2.75) is 20.3 Å². The van der Waals surface area contributed by atoms with E-state index in [0.717, 1.165) is 6.42 Å². The van der Waals surface area contributed by atoms with Crippen LogP contribution in [0, 0.1) is 0 Å². The summed E-state index contributed by atoms with van der Waals surface area (Å²) in [6, 6.07) is 4.75. The number of esters is 1. The first kappa shape index (κ1) is 18.6. The molecule has 0 radical (unpaired) electrons. The van der Waals surface area contributed by atoms with Gasteiger partial charge >= 0.3 is 5.97 Å². The molecule has 122 valence electrons. The highest BCUT2D eigenvalue weighted by Gasteiger charge is 2.17. The smallest absolute Gasteiger partial charge is 0.325 e. The van der Waals surface area contributed by atoms with E-state index >= 15 is 0 Å². The van der Waals surface area contributed by atoms with Crippen molar-refractivity contribution in [1.29, 1.82) is 0 Å². The number of carbonyl (C=O) groups is 2. The molecule has 1 aromatic rings. The molecule has 0 aromatic heterocycles. The number of amides is 1. The molecule has 1 aromatic carbocycles. The summed E-state index contributed by atoms with van der Waals surface area (Å²) in [5, 5.41) is 0.763. The summed E-state index contributed by atoms with van der Waals surface area (Å²) in [5.74, 6) is -0.282. The van der Waals surface area contributed by atoms with Gasteiger partial charge in [0.05, 0.1) is 16.7 Å². The summed E-state index contributed by atoms with van der Waals surface area (Å²) in [7, 11) is 0. The van der Waals surface area contributed by atoms with Gasteiger partial charge in [-0.05, 0) is 25.5 Å². The van der Waals surface area contributed by atoms with Crippen LogP contribution in [0.2, 0.25) is 10.0 Å². The highest BCUT2D eigenvalue weighted by Crippen LogP contribution is 2.26. The number of halogens is 2. The Morgan fingerprint density at radius 2 is 1.91 bits per heavy atom. The van der Waals surface area contributed by atoms with Crippen LogP contribution in [0.25, 0.3) is 0 Å². The number of rotatable bonds is 8. The van der Waals surface area contributed by atoms with E-state index in [0.29, 0.717) is 22.3 Å². The van der Waals surface area contributed by atoms with E-state index in [4.69, 9.17) is 32.7 Å². The lowest BCUT2D eigenvalue weighted by molar-refractivity contribution is -0.149. The van der Waals surface area contributed by atoms with E-state index < -0.39 is 5.97 Å². The van der Waals surface area contributed by atoms with Crippen LogP contribution in [0.1, 0.15) is 20.3 Å². The molecule has 0 bridgehead atoms. The van der Waals surface area contributed by atoms with Crippen molar-refractivity contribution < 1.29 is 19.1 Å². The van der Waals surface area contributed by atoms with Crippen LogP contribution in [0.15, 0.2) is 18.2 Å². The van der Waals surface area contributed by atoms with Gasteiger partial charge in [0.2, 0.25) is 0 Å². The highest BCUT2D eigenvalue weighted by atomic mass is 35.5. The van der Waals surface area contributed by atoms with E-state index in [2.05, 4.69) is 0 Å². The van der Waals surface area contributed by atoms with Crippen molar-refractivity contribution in [2.75, 3.05) is 26.3 Å². The molecule has 0 spiro atoms. The Morgan fingerprint density at radius 1 is 1.18 bits per heavy atom. The molecule has 5 nitrogen and oxygen atoms in total. The van der Waals surface area contributed by atoms with Crippen molar-refractivity contribution in [2.24, 2.45) is 0 Å². The number of carbonyl (C=O) groups excluding carboxylic acids is 2. The Balaban J connectivity index is 2.58. The van der Waals surface area contributed by atoms with Crippen molar-refractivity contribution in [1.82, 2.24) is 4.90 Å². The summed E-state index contributed by atoms with van der Waals surface area (Å²) in [4.78, 5) is 25.0. The van der Waals surface area contributed by atoms with Crippen molar-refractivity contribution >= 4 is 35.1 Å². The highest BCUT2D eigenvalue weighted by molar-refractivity contribution is 6.42. The fourth-order valence-corrected chi connectivity index (χ4v) is 2.02. The maximum absolute atomic E-state index is 12.1. The lowest BCUT2D eigenvalue weighted by Gasteiger charge is -2.21. The summed E-state index contributed by atoms with van der Waals surface area (Å²) in [5.41, 5.74) is 0. The quantitative estimate of drug-likeness (QED) is 0.677. The topological polar surface area (TPSA) is 55.8 Å². The maximum atomic E-state index is 12.1. The van der Waals surface area contributed by atoms with Crippen LogP contribution in [0.5, 0.6) is 5.75 Å². The average molecular weight is 348 g/mol. The minimum Gasteiger partial charge on any atom is -0.484 e. The van der Waals surface area contributed by atoms with E-state index in [1.807, 2.05) is 6.92 Å². The molecule has 7 heteroatoms. The van der Waals surface area contributed by atoms with Crippen molar-refractivity contribution in [3.8, 4) is 5.75 Å². The van der Waals surface area contributed by atoms with Gasteiger partial charge in [-0.3, -0.25) is 9.59 Å². The largest absolute Gasteiger partial charge is 0.484 e. The van der Waals surface area contributed by atoms with Gasteiger partial charge in [-0.1, -0.05) is 30.1 Å². The predicted molar refractivity (Wildman–Crippen MR) is 85.5 cm³/mol. The summed E-state index contributed by atoms with van der Waals surface area (Å²) < 4.78 is 10.2. The third-order valence-corrected chi connectivity index (χ3v) is 3.46. The van der Waals surface area contributed by atoms with Gasteiger partial charge < -0.3 is 14.4 Å². The number of nitrogens with zero attached hydrogens (tertiary/aromatic N) is 1. The first-order chi connectivity index (χ1) is 10.5. The SMILES string of the molecule is CCCN(CC(=O)OCC)C(=O)COc1ccc(Cl)c(Cl)c1. The van der Waals surface area contributed by atoms with Crippen LogP contribution in [-0.4, -0.2) is 43.1 Å². The number of ether oxygens (including phenoxy) is 2. The van der Waals surface area contributed by atoms with Crippen LogP contribution >= 0.6 is 23.2 Å². The van der Waals surface area contributed by atoms with E-state index in [9.17, 15) is 9.59 Å². The second kappa shape index (κ2) is 9.54. The zero-order chi connectivity index (χ0) is 16.5.